The predicted octanol–water partition coefficient (Wildman–Crippen LogP) is 5.13. The van der Waals surface area contributed by atoms with Gasteiger partial charge in [-0.15, -0.1) is 5.10 Å². The number of nitrogens with one attached hydrogen (secondary N) is 1. The van der Waals surface area contributed by atoms with Crippen LogP contribution < -0.4 is 10.1 Å². The number of tetrazole rings is 1. The average Bonchev–Trinajstić information content (AvgIpc) is 3.70. The normalized spacial score (nSPS) is 20.3. The van der Waals surface area contributed by atoms with Gasteiger partial charge in [0.2, 0.25) is 5.95 Å². The standard InChI is InChI=1S/C30H39ClN10O2/c1-20(2)29-27(18-41(36-29)25-7-5-24(6-8-25)39-10-12-42-13-11-39)35-30-32-15-23(16-33-30)22-4-9-26(31)28(14-22)43-21(3)17-40-19-34-37-38-40/h4,9,14-16,18-21,24-25H,5-8,10-13,17H2,1-3H3,(H,32,33,35)/t21?,24-,25-. The second-order valence-corrected chi connectivity index (χ2v) is 12.1. The molecule has 1 aliphatic carbocycles. The zero-order valence-corrected chi connectivity index (χ0v) is 25.7. The van der Waals surface area contributed by atoms with Gasteiger partial charge in [0.05, 0.1) is 42.2 Å². The number of nitrogens with zero attached hydrogens (tertiary/aromatic N) is 9. The lowest BCUT2D eigenvalue weighted by Gasteiger charge is -2.38. The highest BCUT2D eigenvalue weighted by molar-refractivity contribution is 6.32. The van der Waals surface area contributed by atoms with Gasteiger partial charge in [-0.3, -0.25) is 9.58 Å². The van der Waals surface area contributed by atoms with Gasteiger partial charge in [0.25, 0.3) is 0 Å². The first-order valence-corrected chi connectivity index (χ1v) is 15.5. The SMILES string of the molecule is CC(Cn1cnnn1)Oc1cc(-c2cnc(Nc3cn([C@H]4CC[C@H](N5CCOCC5)CC4)nc3C(C)C)nc2)ccc1Cl. The number of morpholine rings is 1. The van der Waals surface area contributed by atoms with Crippen molar-refractivity contribution in [2.45, 2.75) is 77.1 Å². The van der Waals surface area contributed by atoms with Gasteiger partial charge in [-0.2, -0.15) is 5.10 Å². The van der Waals surface area contributed by atoms with Gasteiger partial charge < -0.3 is 14.8 Å². The van der Waals surface area contributed by atoms with E-state index in [0.717, 1.165) is 61.7 Å². The number of ether oxygens (including phenoxy) is 2. The minimum atomic E-state index is -0.185. The summed E-state index contributed by atoms with van der Waals surface area (Å²) in [6.07, 6.45) is 11.8. The van der Waals surface area contributed by atoms with Crippen molar-refractivity contribution in [3.8, 4) is 16.9 Å². The molecule has 1 aromatic carbocycles. The Hall–Kier alpha value is -3.61. The Bertz CT molecular complexity index is 1460. The largest absolute Gasteiger partial charge is 0.487 e. The molecule has 2 fully saturated rings. The summed E-state index contributed by atoms with van der Waals surface area (Å²) < 4.78 is 15.4. The summed E-state index contributed by atoms with van der Waals surface area (Å²) >= 11 is 6.44. The maximum absolute atomic E-state index is 6.44. The van der Waals surface area contributed by atoms with Gasteiger partial charge in [-0.05, 0) is 66.6 Å². The number of rotatable bonds is 10. The van der Waals surface area contributed by atoms with E-state index in [4.69, 9.17) is 26.2 Å². The molecule has 0 spiro atoms. The summed E-state index contributed by atoms with van der Waals surface area (Å²) in [5, 5.41) is 20.2. The third kappa shape index (κ3) is 7.14. The first kappa shape index (κ1) is 29.5. The van der Waals surface area contributed by atoms with E-state index in [2.05, 4.69) is 60.4 Å². The van der Waals surface area contributed by atoms with Crippen LogP contribution in [0.15, 0.2) is 43.1 Å². The van der Waals surface area contributed by atoms with Crippen LogP contribution in [-0.4, -0.2) is 83.3 Å². The van der Waals surface area contributed by atoms with Crippen LogP contribution in [0.2, 0.25) is 5.02 Å². The fourth-order valence-corrected chi connectivity index (χ4v) is 6.12. The number of halogens is 1. The fraction of sp³-hybridized carbons (Fsp3) is 0.533. The van der Waals surface area contributed by atoms with Crippen molar-refractivity contribution in [2.24, 2.45) is 0 Å². The topological polar surface area (TPSA) is 121 Å². The molecule has 1 saturated heterocycles. The predicted molar refractivity (Wildman–Crippen MR) is 164 cm³/mol. The van der Waals surface area contributed by atoms with E-state index in [0.29, 0.717) is 35.3 Å². The molecule has 43 heavy (non-hydrogen) atoms. The molecule has 4 aromatic rings. The van der Waals surface area contributed by atoms with Crippen molar-refractivity contribution in [2.75, 3.05) is 31.6 Å². The van der Waals surface area contributed by atoms with Crippen LogP contribution in [0.3, 0.4) is 0 Å². The number of aromatic nitrogens is 8. The van der Waals surface area contributed by atoms with Gasteiger partial charge in [0.15, 0.2) is 0 Å². The van der Waals surface area contributed by atoms with Gasteiger partial charge in [0.1, 0.15) is 18.2 Å². The third-order valence-corrected chi connectivity index (χ3v) is 8.55. The van der Waals surface area contributed by atoms with Crippen molar-refractivity contribution in [1.82, 2.24) is 44.9 Å². The van der Waals surface area contributed by atoms with E-state index in [1.807, 2.05) is 25.1 Å². The molecule has 12 nitrogen and oxygen atoms in total. The summed E-state index contributed by atoms with van der Waals surface area (Å²) in [4.78, 5) is 11.9. The van der Waals surface area contributed by atoms with Crippen molar-refractivity contribution in [3.05, 3.63) is 53.8 Å². The zero-order valence-electron chi connectivity index (χ0n) is 24.9. The minimum Gasteiger partial charge on any atom is -0.487 e. The van der Waals surface area contributed by atoms with Gasteiger partial charge in [0, 0.05) is 43.3 Å². The Kier molecular flexibility index (Phi) is 9.15. The molecule has 0 amide bonds. The zero-order chi connectivity index (χ0) is 29.8. The quantitative estimate of drug-likeness (QED) is 0.260. The molecule has 1 N–H and O–H groups in total. The molecule has 0 radical (unpaired) electrons. The summed E-state index contributed by atoms with van der Waals surface area (Å²) in [6.45, 7) is 10.6. The lowest BCUT2D eigenvalue weighted by Crippen LogP contribution is -2.45. The van der Waals surface area contributed by atoms with Crippen LogP contribution in [0.1, 0.15) is 64.1 Å². The van der Waals surface area contributed by atoms with Crippen LogP contribution in [0.5, 0.6) is 5.75 Å². The molecule has 2 aliphatic rings. The van der Waals surface area contributed by atoms with Gasteiger partial charge >= 0.3 is 0 Å². The maximum Gasteiger partial charge on any atom is 0.227 e. The van der Waals surface area contributed by atoms with E-state index in [-0.39, 0.29) is 12.0 Å². The Morgan fingerprint density at radius 1 is 1.02 bits per heavy atom. The second kappa shape index (κ2) is 13.4. The molecule has 1 unspecified atom stereocenters. The number of benzene rings is 1. The van der Waals surface area contributed by atoms with Crippen LogP contribution in [-0.2, 0) is 11.3 Å². The molecule has 0 bridgehead atoms. The van der Waals surface area contributed by atoms with Crippen LogP contribution >= 0.6 is 11.6 Å². The van der Waals surface area contributed by atoms with Gasteiger partial charge in [-0.1, -0.05) is 31.5 Å². The molecule has 3 aromatic heterocycles. The second-order valence-electron chi connectivity index (χ2n) is 11.7. The molecule has 13 heteroatoms. The highest BCUT2D eigenvalue weighted by Gasteiger charge is 2.29. The highest BCUT2D eigenvalue weighted by Crippen LogP contribution is 2.35. The van der Waals surface area contributed by atoms with E-state index in [1.165, 1.54) is 12.8 Å². The van der Waals surface area contributed by atoms with E-state index in [1.54, 1.807) is 23.4 Å². The summed E-state index contributed by atoms with van der Waals surface area (Å²) in [7, 11) is 0. The molecular formula is C30H39ClN10O2. The van der Waals surface area contributed by atoms with Crippen molar-refractivity contribution in [1.29, 1.82) is 0 Å². The molecule has 1 saturated carbocycles. The molecule has 6 rings (SSSR count). The Labute approximate surface area is 256 Å². The molecular weight excluding hydrogens is 568 g/mol. The Morgan fingerprint density at radius 2 is 1.77 bits per heavy atom. The van der Waals surface area contributed by atoms with E-state index in [9.17, 15) is 0 Å². The number of anilines is 2. The third-order valence-electron chi connectivity index (χ3n) is 8.24. The lowest BCUT2D eigenvalue weighted by molar-refractivity contribution is 0.00505. The molecule has 1 aliphatic heterocycles. The lowest BCUT2D eigenvalue weighted by atomic mass is 9.90. The smallest absolute Gasteiger partial charge is 0.227 e. The maximum atomic E-state index is 6.44. The number of hydrogen-bond acceptors (Lipinski definition) is 10. The summed E-state index contributed by atoms with van der Waals surface area (Å²) in [5.74, 6) is 1.38. The first-order chi connectivity index (χ1) is 20.9. The highest BCUT2D eigenvalue weighted by atomic mass is 35.5. The minimum absolute atomic E-state index is 0.185. The average molecular weight is 607 g/mol. The fourth-order valence-electron chi connectivity index (χ4n) is 5.96. The van der Waals surface area contributed by atoms with Gasteiger partial charge in [-0.25, -0.2) is 14.6 Å². The van der Waals surface area contributed by atoms with Crippen molar-refractivity contribution in [3.63, 3.8) is 0 Å². The first-order valence-electron chi connectivity index (χ1n) is 15.1. The number of hydrogen-bond donors (Lipinski definition) is 1. The summed E-state index contributed by atoms with van der Waals surface area (Å²) in [5.41, 5.74) is 3.75. The molecule has 1 atom stereocenters. The monoisotopic (exact) mass is 606 g/mol. The molecule has 228 valence electrons. The van der Waals surface area contributed by atoms with Crippen molar-refractivity contribution < 1.29 is 9.47 Å². The van der Waals surface area contributed by atoms with Crippen LogP contribution in [0.25, 0.3) is 11.1 Å². The van der Waals surface area contributed by atoms with Crippen molar-refractivity contribution >= 4 is 23.2 Å². The van der Waals surface area contributed by atoms with E-state index >= 15 is 0 Å². The summed E-state index contributed by atoms with van der Waals surface area (Å²) in [6, 6.07) is 6.72. The molecule has 4 heterocycles. The van der Waals surface area contributed by atoms with E-state index < -0.39 is 0 Å². The Morgan fingerprint density at radius 3 is 2.47 bits per heavy atom. The Balaban J connectivity index is 1.11. The van der Waals surface area contributed by atoms with Crippen LogP contribution in [0.4, 0.5) is 11.6 Å². The van der Waals surface area contributed by atoms with Crippen LogP contribution in [0, 0.1) is 0 Å².